The van der Waals surface area contributed by atoms with Crippen molar-refractivity contribution in [2.24, 2.45) is 5.73 Å². The highest BCUT2D eigenvalue weighted by molar-refractivity contribution is 5.70. The van der Waals surface area contributed by atoms with Crippen LogP contribution in [0.1, 0.15) is 28.2 Å². The largest absolute Gasteiger partial charge is 0.489 e. The van der Waals surface area contributed by atoms with E-state index in [1.165, 1.54) is 5.56 Å². The number of fused-ring (bicyclic) bond motifs is 1. The van der Waals surface area contributed by atoms with Crippen molar-refractivity contribution in [3.05, 3.63) is 113 Å². The molecule has 2 heterocycles. The summed E-state index contributed by atoms with van der Waals surface area (Å²) in [6, 6.07) is 28.0. The van der Waals surface area contributed by atoms with Crippen LogP contribution < -0.4 is 15.2 Å². The lowest BCUT2D eigenvalue weighted by atomic mass is 9.83. The Morgan fingerprint density at radius 2 is 1.85 bits per heavy atom. The van der Waals surface area contributed by atoms with Crippen LogP contribution in [0.5, 0.6) is 11.6 Å². The lowest BCUT2D eigenvalue weighted by molar-refractivity contribution is 0.305. The van der Waals surface area contributed by atoms with Crippen molar-refractivity contribution in [3.8, 4) is 29.0 Å². The summed E-state index contributed by atoms with van der Waals surface area (Å²) in [6.07, 6.45) is 0. The first-order chi connectivity index (χ1) is 16.2. The van der Waals surface area contributed by atoms with E-state index in [1.807, 2.05) is 66.7 Å². The fourth-order valence-electron chi connectivity index (χ4n) is 4.12. The van der Waals surface area contributed by atoms with Gasteiger partial charge in [-0.3, -0.25) is 5.10 Å². The molecule has 0 radical (unpaired) electrons. The quantitative estimate of drug-likeness (QED) is 0.451. The molecule has 3 aromatic carbocycles. The fourth-order valence-corrected chi connectivity index (χ4v) is 4.12. The number of nitriles is 1. The van der Waals surface area contributed by atoms with Gasteiger partial charge in [0.2, 0.25) is 11.8 Å². The number of allylic oxidation sites excluding steroid dienone is 1. The number of hydrogen-bond acceptors (Lipinski definition) is 5. The van der Waals surface area contributed by atoms with Crippen LogP contribution in [0.15, 0.2) is 90.3 Å². The second-order valence-electron chi connectivity index (χ2n) is 7.90. The third-order valence-electron chi connectivity index (χ3n) is 5.85. The molecule has 1 aliphatic heterocycles. The van der Waals surface area contributed by atoms with Crippen molar-refractivity contribution in [2.45, 2.75) is 19.4 Å². The van der Waals surface area contributed by atoms with Gasteiger partial charge in [0.05, 0.1) is 17.2 Å². The zero-order chi connectivity index (χ0) is 22.8. The summed E-state index contributed by atoms with van der Waals surface area (Å²) < 4.78 is 11.8. The first-order valence-electron chi connectivity index (χ1n) is 10.6. The van der Waals surface area contributed by atoms with Gasteiger partial charge in [0.1, 0.15) is 24.0 Å². The van der Waals surface area contributed by atoms with Crippen LogP contribution >= 0.6 is 0 Å². The number of aryl methyl sites for hydroxylation is 1. The molecule has 5 rings (SSSR count). The number of aromatic amines is 1. The molecule has 6 heteroatoms. The van der Waals surface area contributed by atoms with Gasteiger partial charge in [-0.2, -0.15) is 5.26 Å². The van der Waals surface area contributed by atoms with Gasteiger partial charge >= 0.3 is 0 Å². The van der Waals surface area contributed by atoms with Crippen LogP contribution in [0.2, 0.25) is 0 Å². The van der Waals surface area contributed by atoms with E-state index in [0.717, 1.165) is 27.9 Å². The zero-order valence-corrected chi connectivity index (χ0v) is 18.1. The minimum atomic E-state index is -0.435. The van der Waals surface area contributed by atoms with Crippen molar-refractivity contribution in [1.29, 1.82) is 5.26 Å². The molecule has 3 N–H and O–H groups in total. The van der Waals surface area contributed by atoms with Crippen molar-refractivity contribution < 1.29 is 9.47 Å². The number of benzene rings is 3. The average Bonchev–Trinajstić information content (AvgIpc) is 3.26. The second kappa shape index (κ2) is 8.56. The van der Waals surface area contributed by atoms with E-state index in [0.29, 0.717) is 23.8 Å². The van der Waals surface area contributed by atoms with Crippen molar-refractivity contribution in [2.75, 3.05) is 0 Å². The first-order valence-corrected chi connectivity index (χ1v) is 10.6. The van der Waals surface area contributed by atoms with Gasteiger partial charge in [-0.1, -0.05) is 66.7 Å². The highest BCUT2D eigenvalue weighted by Crippen LogP contribution is 2.46. The van der Waals surface area contributed by atoms with Gasteiger partial charge in [-0.25, -0.2) is 0 Å². The highest BCUT2D eigenvalue weighted by Gasteiger charge is 2.35. The van der Waals surface area contributed by atoms with Crippen LogP contribution in [0, 0.1) is 18.3 Å². The Labute approximate surface area is 191 Å². The van der Waals surface area contributed by atoms with Gasteiger partial charge in [-0.15, -0.1) is 5.10 Å². The monoisotopic (exact) mass is 434 g/mol. The molecule has 0 spiro atoms. The molecule has 0 saturated heterocycles. The SMILES string of the molecule is Cc1ccccc1COc1cccc(C2C(C#N)=C(N)Oc3n[nH]c(-c4ccccc4)c32)c1. The predicted octanol–water partition coefficient (Wildman–Crippen LogP) is 5.18. The molecule has 1 aliphatic rings. The highest BCUT2D eigenvalue weighted by atomic mass is 16.5. The molecule has 0 aliphatic carbocycles. The number of H-pyrrole nitrogens is 1. The maximum atomic E-state index is 9.94. The van der Waals surface area contributed by atoms with Gasteiger partial charge < -0.3 is 15.2 Å². The number of nitrogens with two attached hydrogens (primary N) is 1. The zero-order valence-electron chi connectivity index (χ0n) is 18.1. The Balaban J connectivity index is 1.55. The fraction of sp³-hybridized carbons (Fsp3) is 0.111. The lowest BCUT2D eigenvalue weighted by Crippen LogP contribution is -2.21. The third-order valence-corrected chi connectivity index (χ3v) is 5.85. The van der Waals surface area contributed by atoms with E-state index in [4.69, 9.17) is 15.2 Å². The molecule has 6 nitrogen and oxygen atoms in total. The molecular formula is C27H22N4O2. The molecule has 1 unspecified atom stereocenters. The van der Waals surface area contributed by atoms with Crippen molar-refractivity contribution in [3.63, 3.8) is 0 Å². The van der Waals surface area contributed by atoms with Gasteiger partial charge in [0.25, 0.3) is 0 Å². The van der Waals surface area contributed by atoms with E-state index in [-0.39, 0.29) is 5.88 Å². The third kappa shape index (κ3) is 3.81. The van der Waals surface area contributed by atoms with Crippen LogP contribution in [-0.4, -0.2) is 10.2 Å². The van der Waals surface area contributed by atoms with E-state index in [2.05, 4.69) is 35.3 Å². The van der Waals surface area contributed by atoms with E-state index < -0.39 is 5.92 Å². The molecular weight excluding hydrogens is 412 g/mol. The van der Waals surface area contributed by atoms with Crippen molar-refractivity contribution >= 4 is 0 Å². The topological polar surface area (TPSA) is 96.9 Å². The predicted molar refractivity (Wildman–Crippen MR) is 125 cm³/mol. The van der Waals surface area contributed by atoms with Crippen LogP contribution in [0.3, 0.4) is 0 Å². The minimum absolute atomic E-state index is 0.0624. The van der Waals surface area contributed by atoms with E-state index in [1.54, 1.807) is 0 Å². The summed E-state index contributed by atoms with van der Waals surface area (Å²) in [5, 5.41) is 17.3. The number of nitrogens with zero attached hydrogens (tertiary/aromatic N) is 2. The Kier molecular flexibility index (Phi) is 5.29. The summed E-state index contributed by atoms with van der Waals surface area (Å²) in [5.41, 5.74) is 12.2. The molecule has 1 aromatic heterocycles. The molecule has 0 amide bonds. The molecule has 162 valence electrons. The van der Waals surface area contributed by atoms with E-state index >= 15 is 0 Å². The Morgan fingerprint density at radius 1 is 1.06 bits per heavy atom. The molecule has 0 bridgehead atoms. The molecule has 33 heavy (non-hydrogen) atoms. The molecule has 4 aromatic rings. The smallest absolute Gasteiger partial charge is 0.244 e. The maximum absolute atomic E-state index is 9.94. The van der Waals surface area contributed by atoms with Crippen LogP contribution in [0.4, 0.5) is 0 Å². The maximum Gasteiger partial charge on any atom is 0.244 e. The number of aromatic nitrogens is 2. The number of rotatable bonds is 5. The minimum Gasteiger partial charge on any atom is -0.489 e. The van der Waals surface area contributed by atoms with Gasteiger partial charge in [0.15, 0.2) is 0 Å². The standard InChI is InChI=1S/C27H22N4O2/c1-17-8-5-6-11-20(17)16-32-21-13-7-12-19(14-21)23-22(15-28)26(29)33-27-24(23)25(30-31-27)18-9-3-2-4-10-18/h2-14,23H,16,29H2,1H3,(H,30,31). The second-order valence-corrected chi connectivity index (χ2v) is 7.90. The van der Waals surface area contributed by atoms with Gasteiger partial charge in [-0.05, 0) is 41.3 Å². The van der Waals surface area contributed by atoms with Crippen LogP contribution in [0.25, 0.3) is 11.3 Å². The van der Waals surface area contributed by atoms with Gasteiger partial charge in [0, 0.05) is 0 Å². The van der Waals surface area contributed by atoms with Crippen molar-refractivity contribution in [1.82, 2.24) is 10.2 Å². The summed E-state index contributed by atoms with van der Waals surface area (Å²) in [5.74, 6) is 0.716. The summed E-state index contributed by atoms with van der Waals surface area (Å²) in [6.45, 7) is 2.52. The van der Waals surface area contributed by atoms with E-state index in [9.17, 15) is 5.26 Å². The summed E-state index contributed by atoms with van der Waals surface area (Å²) >= 11 is 0. The molecule has 0 saturated carbocycles. The molecule has 0 fully saturated rings. The first kappa shape index (κ1) is 20.4. The Hall–Kier alpha value is -4.50. The normalized spacial score (nSPS) is 14.8. The number of hydrogen-bond donors (Lipinski definition) is 2. The summed E-state index contributed by atoms with van der Waals surface area (Å²) in [4.78, 5) is 0. The lowest BCUT2D eigenvalue weighted by Gasteiger charge is -2.24. The Morgan fingerprint density at radius 3 is 2.64 bits per heavy atom. The number of nitrogens with one attached hydrogen (secondary N) is 1. The molecule has 1 atom stereocenters. The van der Waals surface area contributed by atoms with Crippen LogP contribution in [-0.2, 0) is 6.61 Å². The number of ether oxygens (including phenoxy) is 2. The Bertz CT molecular complexity index is 1380. The average molecular weight is 434 g/mol. The summed E-state index contributed by atoms with van der Waals surface area (Å²) in [7, 11) is 0.